The third-order valence-electron chi connectivity index (χ3n) is 21.7. The summed E-state index contributed by atoms with van der Waals surface area (Å²) in [5.74, 6) is 3.36. The molecule has 115 heavy (non-hydrogen) atoms. The zero-order valence-corrected chi connectivity index (χ0v) is 62.9. The van der Waals surface area contributed by atoms with Crippen LogP contribution in [0.5, 0.6) is 0 Å². The summed E-state index contributed by atoms with van der Waals surface area (Å²) in [4.78, 5) is 87.1. The van der Waals surface area contributed by atoms with Crippen LogP contribution in [0, 0.1) is 17.8 Å². The number of benzene rings is 5. The molecule has 20 rings (SSSR count). The van der Waals surface area contributed by atoms with Crippen LogP contribution in [0.2, 0.25) is 5.15 Å². The summed E-state index contributed by atoms with van der Waals surface area (Å²) in [5.41, 5.74) is 10.5. The van der Waals surface area contributed by atoms with Crippen molar-refractivity contribution in [1.29, 1.82) is 0 Å². The van der Waals surface area contributed by atoms with Crippen LogP contribution >= 0.6 is 19.9 Å². The number of halogens is 4. The summed E-state index contributed by atoms with van der Waals surface area (Å²) < 4.78 is 57.7. The molecule has 27 nitrogen and oxygen atoms in total. The number of fused-ring (bicyclic) bond motifs is 15. The number of guanidine groups is 3. The molecule has 3 amide bonds. The number of hydrogen-bond acceptors (Lipinski definition) is 21. The fourth-order valence-electron chi connectivity index (χ4n) is 16.4. The molecule has 5 aromatic carbocycles. The van der Waals surface area contributed by atoms with Crippen molar-refractivity contribution in [3.63, 3.8) is 0 Å². The monoisotopic (exact) mass is 1590 g/mol. The first-order chi connectivity index (χ1) is 54.9. The van der Waals surface area contributed by atoms with Gasteiger partial charge in [0.05, 0.1) is 73.0 Å². The van der Waals surface area contributed by atoms with Gasteiger partial charge in [0.15, 0.2) is 17.5 Å². The van der Waals surface area contributed by atoms with Gasteiger partial charge in [-0.05, 0) is 140 Å². The maximum absolute atomic E-state index is 13.7. The Kier molecular flexibility index (Phi) is 22.1. The summed E-state index contributed by atoms with van der Waals surface area (Å²) in [6.45, 7) is 1.31. The van der Waals surface area contributed by atoms with Crippen LogP contribution in [0.1, 0.15) is 122 Å². The van der Waals surface area contributed by atoms with Crippen LogP contribution in [-0.2, 0) is 28.9 Å². The number of para-hydroxylation sites is 2. The molecule has 590 valence electrons. The van der Waals surface area contributed by atoms with Crippen LogP contribution in [0.15, 0.2) is 203 Å². The van der Waals surface area contributed by atoms with E-state index in [9.17, 15) is 27.6 Å². The Hall–Kier alpha value is -12.3. The summed E-state index contributed by atoms with van der Waals surface area (Å²) >= 11 is 6.67. The van der Waals surface area contributed by atoms with Gasteiger partial charge in [-0.25, -0.2) is 49.2 Å². The first kappa shape index (κ1) is 78.0. The maximum atomic E-state index is 13.7. The molecule has 0 spiro atoms. The van der Waals surface area contributed by atoms with Crippen molar-refractivity contribution in [2.45, 2.75) is 129 Å². The van der Waals surface area contributed by atoms with E-state index in [1.165, 1.54) is 18.2 Å². The molecule has 0 saturated heterocycles. The van der Waals surface area contributed by atoms with Crippen molar-refractivity contribution in [3.05, 3.63) is 244 Å². The van der Waals surface area contributed by atoms with E-state index in [-0.39, 0.29) is 70.3 Å². The first-order valence-electron chi connectivity index (χ1n) is 37.1. The third-order valence-corrected chi connectivity index (χ3v) is 22.2. The Morgan fingerprint density at radius 1 is 0.452 bits per heavy atom. The predicted molar refractivity (Wildman–Crippen MR) is 435 cm³/mol. The smallest absolute Gasteiger partial charge is 0.521 e. The van der Waals surface area contributed by atoms with Gasteiger partial charge in [0, 0.05) is 55.3 Å². The third kappa shape index (κ3) is 15.0. The molecule has 3 saturated carbocycles. The fraction of sp³-hybridized carbons (Fsp3) is 0.277. The van der Waals surface area contributed by atoms with E-state index in [0.717, 1.165) is 103 Å². The second kappa shape index (κ2) is 32.6. The van der Waals surface area contributed by atoms with E-state index in [1.54, 1.807) is 76.9 Å². The predicted octanol–water partition coefficient (Wildman–Crippen LogP) is 15.1. The van der Waals surface area contributed by atoms with E-state index in [0.29, 0.717) is 106 Å². The standard InChI is InChI=1S/2C29H26FN7O.C23H20ClFN6O.2CH4.HO4P.H2/c2*1-35-28(38)25-26(31-20-7-3-2-4-8-20)36(34-27(25)37-23-11-5-10-22(23)33-29(35)37)17-18-13-15-19(16-14-18)21-9-6-12-24(30)32-21;1-29-22(32)19-20(24)30(28-21(19)31-17-6-2-5-16(17)27-23(29)31)12-13-8-10-14(11-9-13)15-4-3-7-18(25)26-15;;;1-4-5(2)3;/h2*2-4,6-9,12-16,22-23,31H,5,10-11,17H2,1H3;3-4,7-11,16-17H,2,5-6,12H2,1H3;2*1H4;1H;1H/t2*22-,23+;16-,17+;;;;/m111..../s1. The molecule has 11 aromatic rings. The number of nitrogens with zero attached hydrogens (tertiary/aromatic N) is 18. The van der Waals surface area contributed by atoms with E-state index >= 15 is 0 Å². The minimum Gasteiger partial charge on any atom is -0.565 e. The van der Waals surface area contributed by atoms with Crippen LogP contribution < -0.4 is 30.2 Å². The van der Waals surface area contributed by atoms with Crippen molar-refractivity contribution >= 4 is 95.9 Å². The van der Waals surface area contributed by atoms with Crippen LogP contribution in [0.25, 0.3) is 33.8 Å². The maximum Gasteiger partial charge on any atom is 0.521 e. The molecular formula is C83H83ClF3N20O7P. The number of anilines is 7. The largest absolute Gasteiger partial charge is 0.565 e. The van der Waals surface area contributed by atoms with Gasteiger partial charge in [0.1, 0.15) is 33.5 Å². The average Bonchev–Trinajstić information content (AvgIpc) is 1.58. The Bertz CT molecular complexity index is 5390. The highest BCUT2D eigenvalue weighted by atomic mass is 35.5. The number of aliphatic imine (C=N–C) groups is 3. The number of amides is 3. The number of pyridine rings is 3. The number of carbonyl (C=O) groups is 3. The SMILES string of the molecule is C.C.CN1C(=O)c2c(nn(Cc3ccc(-c4cccc(F)n4)cc3)c2Cl)N2C1=N[C@@H]1CCC[C@@H]12.CN1C(=O)c2c(nn(Cc3ccc(-c4cccc(F)n4)cc3)c2Nc2ccccc2)N2C1=N[C@@H]1CCC[C@@H]12.CN1C(=O)c2c(nn(Cc3ccc(-c4cccc(F)n4)cc3)c2Nc2ccccc2)N2C1=N[C@@H]1CCC[C@@H]12.O=[P+]([O-])OO.[HH]. The van der Waals surface area contributed by atoms with E-state index in [2.05, 4.69) is 45.0 Å². The van der Waals surface area contributed by atoms with Gasteiger partial charge in [-0.1, -0.05) is 154 Å². The molecule has 12 heterocycles. The second-order valence-electron chi connectivity index (χ2n) is 28.7. The average molecular weight is 1600 g/mol. The molecule has 3 N–H and O–H groups in total. The Balaban J connectivity index is 0.000000138. The van der Waals surface area contributed by atoms with Gasteiger partial charge in [-0.2, -0.15) is 28.5 Å². The molecule has 7 atom stereocenters. The number of hydrogen-bond donors (Lipinski definition) is 3. The summed E-state index contributed by atoms with van der Waals surface area (Å²) in [7, 11) is 2.28. The highest BCUT2D eigenvalue weighted by Gasteiger charge is 2.53. The van der Waals surface area contributed by atoms with E-state index in [1.807, 2.05) is 143 Å². The Morgan fingerprint density at radius 2 is 0.757 bits per heavy atom. The second-order valence-corrected chi connectivity index (χ2v) is 29.6. The Labute approximate surface area is 668 Å². The minimum atomic E-state index is -3.04. The van der Waals surface area contributed by atoms with Crippen molar-refractivity contribution in [2.24, 2.45) is 15.0 Å². The lowest BCUT2D eigenvalue weighted by Gasteiger charge is -2.34. The van der Waals surface area contributed by atoms with E-state index < -0.39 is 26.1 Å². The molecule has 1 unspecified atom stereocenters. The van der Waals surface area contributed by atoms with Crippen LogP contribution in [0.3, 0.4) is 0 Å². The molecule has 6 aromatic heterocycles. The molecule has 0 bridgehead atoms. The molecular weight excluding hydrogens is 1510 g/mol. The lowest BCUT2D eigenvalue weighted by Crippen LogP contribution is -2.51. The number of carbonyl (C=O) groups excluding carboxylic acids is 3. The zero-order chi connectivity index (χ0) is 77.9. The lowest BCUT2D eigenvalue weighted by atomic mass is 10.1. The van der Waals surface area contributed by atoms with Gasteiger partial charge in [0.25, 0.3) is 17.7 Å². The molecule has 3 aliphatic carbocycles. The molecule has 32 heteroatoms. The fourth-order valence-corrected chi connectivity index (χ4v) is 16.6. The van der Waals surface area contributed by atoms with Crippen molar-refractivity contribution in [2.75, 3.05) is 46.5 Å². The molecule has 0 radical (unpaired) electrons. The van der Waals surface area contributed by atoms with Gasteiger partial charge in [-0.3, -0.25) is 43.8 Å². The van der Waals surface area contributed by atoms with Crippen molar-refractivity contribution in [3.8, 4) is 33.8 Å². The van der Waals surface area contributed by atoms with Crippen molar-refractivity contribution in [1.82, 2.24) is 59.0 Å². The zero-order valence-electron chi connectivity index (χ0n) is 61.3. The number of rotatable bonds is 14. The lowest BCUT2D eigenvalue weighted by molar-refractivity contribution is -0.244. The summed E-state index contributed by atoms with van der Waals surface area (Å²) in [5, 5.41) is 29.1. The normalized spacial score (nSPS) is 19.5. The summed E-state index contributed by atoms with van der Waals surface area (Å²) in [6.07, 6.45) is 9.55. The topological polar surface area (TPSA) is 294 Å². The minimum absolute atomic E-state index is 0. The quantitative estimate of drug-likeness (QED) is 0.0394. The van der Waals surface area contributed by atoms with Crippen LogP contribution in [-0.4, -0.2) is 157 Å². The van der Waals surface area contributed by atoms with Crippen molar-refractivity contribution < 1.29 is 48.4 Å². The van der Waals surface area contributed by atoms with E-state index in [4.69, 9.17) is 56.6 Å². The number of nitrogens with one attached hydrogen (secondary N) is 2. The van der Waals surface area contributed by atoms with Gasteiger partial charge < -0.3 is 15.5 Å². The molecule has 3 fully saturated rings. The van der Waals surface area contributed by atoms with Crippen LogP contribution in [0.4, 0.5) is 53.6 Å². The van der Waals surface area contributed by atoms with Gasteiger partial charge in [0.2, 0.25) is 35.7 Å². The Morgan fingerprint density at radius 3 is 1.08 bits per heavy atom. The summed E-state index contributed by atoms with van der Waals surface area (Å²) in [6, 6.07) is 58.5. The molecule has 6 aliphatic heterocycles. The first-order valence-corrected chi connectivity index (χ1v) is 38.6. The van der Waals surface area contributed by atoms with Gasteiger partial charge >= 0.3 is 8.25 Å². The highest BCUT2D eigenvalue weighted by Crippen LogP contribution is 2.47. The number of aromatic nitrogens is 9. The molecule has 9 aliphatic rings. The van der Waals surface area contributed by atoms with Gasteiger partial charge in [-0.15, -0.1) is 0 Å². The highest BCUT2D eigenvalue weighted by molar-refractivity contribution is 7.30.